The van der Waals surface area contributed by atoms with Crippen molar-refractivity contribution in [1.82, 2.24) is 0 Å². The van der Waals surface area contributed by atoms with Crippen molar-refractivity contribution < 1.29 is 19.6 Å². The number of nitro benzene ring substituents is 1. The first-order valence-electron chi connectivity index (χ1n) is 5.87. The van der Waals surface area contributed by atoms with Crippen molar-refractivity contribution in [2.24, 2.45) is 0 Å². The first kappa shape index (κ1) is 14.2. The lowest BCUT2D eigenvalue weighted by Crippen LogP contribution is -2.10. The van der Waals surface area contributed by atoms with Gasteiger partial charge in [-0.2, -0.15) is 0 Å². The zero-order valence-electron chi connectivity index (χ0n) is 10.6. The van der Waals surface area contributed by atoms with E-state index in [0.29, 0.717) is 5.56 Å². The van der Waals surface area contributed by atoms with Gasteiger partial charge in [-0.3, -0.25) is 20.2 Å². The Morgan fingerprint density at radius 3 is 2.29 bits per heavy atom. The minimum Gasteiger partial charge on any atom is -0.465 e. The van der Waals surface area contributed by atoms with Gasteiger partial charge in [0.2, 0.25) is 0 Å². The van der Waals surface area contributed by atoms with Gasteiger partial charge in [0.1, 0.15) is 5.69 Å². The fraction of sp³-hybridized carbons (Fsp3) is 0. The summed E-state index contributed by atoms with van der Waals surface area (Å²) in [6.45, 7) is 0. The van der Waals surface area contributed by atoms with Crippen molar-refractivity contribution in [3.63, 3.8) is 0 Å². The second-order valence-electron chi connectivity index (χ2n) is 4.11. The second-order valence-corrected chi connectivity index (χ2v) is 4.11. The molecule has 7 nitrogen and oxygen atoms in total. The lowest BCUT2D eigenvalue weighted by molar-refractivity contribution is -0.383. The topological polar surface area (TPSA) is 110 Å². The van der Waals surface area contributed by atoms with Gasteiger partial charge in [-0.15, -0.1) is 0 Å². The molecule has 0 fully saturated rings. The van der Waals surface area contributed by atoms with E-state index >= 15 is 0 Å². The van der Waals surface area contributed by atoms with E-state index in [2.05, 4.69) is 0 Å². The van der Waals surface area contributed by atoms with Gasteiger partial charge in [0, 0.05) is 17.2 Å². The molecule has 1 amide bonds. The van der Waals surface area contributed by atoms with Crippen molar-refractivity contribution in [1.29, 1.82) is 0 Å². The zero-order chi connectivity index (χ0) is 15.4. The Morgan fingerprint density at radius 1 is 1.05 bits per heavy atom. The third-order valence-corrected chi connectivity index (χ3v) is 2.73. The quantitative estimate of drug-likeness (QED) is 0.510. The van der Waals surface area contributed by atoms with Crippen LogP contribution in [0, 0.1) is 10.1 Å². The smallest absolute Gasteiger partial charge is 0.409 e. The molecule has 0 spiro atoms. The van der Waals surface area contributed by atoms with E-state index in [1.165, 1.54) is 12.1 Å². The fourth-order valence-corrected chi connectivity index (χ4v) is 1.80. The molecular weight excluding hydrogens is 276 g/mol. The monoisotopic (exact) mass is 286 g/mol. The van der Waals surface area contributed by atoms with Crippen molar-refractivity contribution in [3.05, 3.63) is 69.8 Å². The number of nitrogens with one attached hydrogen (secondary N) is 1. The molecule has 106 valence electrons. The Bertz CT molecular complexity index is 713. The third-order valence-electron chi connectivity index (χ3n) is 2.73. The summed E-state index contributed by atoms with van der Waals surface area (Å²) in [4.78, 5) is 33.0. The van der Waals surface area contributed by atoms with Crippen LogP contribution in [-0.4, -0.2) is 21.9 Å². The van der Waals surface area contributed by atoms with E-state index < -0.39 is 16.7 Å². The van der Waals surface area contributed by atoms with Crippen molar-refractivity contribution in [2.45, 2.75) is 0 Å². The number of nitro groups is 1. The Kier molecular flexibility index (Phi) is 3.94. The van der Waals surface area contributed by atoms with E-state index in [1.807, 2.05) is 5.32 Å². The zero-order valence-corrected chi connectivity index (χ0v) is 10.6. The summed E-state index contributed by atoms with van der Waals surface area (Å²) >= 11 is 0. The average Bonchev–Trinajstić information content (AvgIpc) is 2.47. The van der Waals surface area contributed by atoms with Crippen LogP contribution in [0.1, 0.15) is 15.9 Å². The predicted molar refractivity (Wildman–Crippen MR) is 74.6 cm³/mol. The maximum atomic E-state index is 12.2. The van der Waals surface area contributed by atoms with Gasteiger partial charge < -0.3 is 5.11 Å². The molecule has 0 bridgehead atoms. The summed E-state index contributed by atoms with van der Waals surface area (Å²) < 4.78 is 0. The molecule has 21 heavy (non-hydrogen) atoms. The van der Waals surface area contributed by atoms with Gasteiger partial charge in [0.15, 0.2) is 5.78 Å². The Hall–Kier alpha value is -3.22. The highest BCUT2D eigenvalue weighted by Gasteiger charge is 2.19. The van der Waals surface area contributed by atoms with Crippen molar-refractivity contribution >= 4 is 23.3 Å². The average molecular weight is 286 g/mol. The molecule has 0 unspecified atom stereocenters. The van der Waals surface area contributed by atoms with E-state index in [9.17, 15) is 19.7 Å². The van der Waals surface area contributed by atoms with Crippen molar-refractivity contribution in [3.8, 4) is 0 Å². The van der Waals surface area contributed by atoms with Gasteiger partial charge in [0.05, 0.1) is 4.92 Å². The van der Waals surface area contributed by atoms with E-state index in [-0.39, 0.29) is 17.0 Å². The number of benzene rings is 2. The molecule has 2 N–H and O–H groups in total. The van der Waals surface area contributed by atoms with Crippen LogP contribution < -0.4 is 5.32 Å². The number of carbonyl (C=O) groups is 2. The predicted octanol–water partition coefficient (Wildman–Crippen LogP) is 2.92. The highest BCUT2D eigenvalue weighted by atomic mass is 16.6. The molecule has 2 aromatic rings. The molecule has 0 saturated carbocycles. The van der Waals surface area contributed by atoms with Crippen LogP contribution in [0.15, 0.2) is 48.5 Å². The number of carboxylic acid groups (broad SMARTS) is 1. The molecule has 0 radical (unpaired) electrons. The Balaban J connectivity index is 2.43. The van der Waals surface area contributed by atoms with E-state index in [0.717, 1.165) is 6.07 Å². The second kappa shape index (κ2) is 5.83. The van der Waals surface area contributed by atoms with Crippen LogP contribution in [0.25, 0.3) is 0 Å². The molecule has 0 aliphatic heterocycles. The van der Waals surface area contributed by atoms with Crippen molar-refractivity contribution in [2.75, 3.05) is 5.32 Å². The molecular formula is C14H10N2O5. The summed E-state index contributed by atoms with van der Waals surface area (Å²) in [7, 11) is 0. The highest BCUT2D eigenvalue weighted by Crippen LogP contribution is 2.26. The molecule has 0 atom stereocenters. The normalized spacial score (nSPS) is 9.90. The summed E-state index contributed by atoms with van der Waals surface area (Å²) in [5, 5.41) is 21.5. The molecule has 0 aromatic heterocycles. The Morgan fingerprint density at radius 2 is 1.71 bits per heavy atom. The number of ketones is 1. The van der Waals surface area contributed by atoms with Gasteiger partial charge in [-0.25, -0.2) is 4.79 Å². The van der Waals surface area contributed by atoms with Gasteiger partial charge in [0.25, 0.3) is 5.69 Å². The lowest BCUT2D eigenvalue weighted by atomic mass is 10.0. The number of amides is 1. The molecule has 0 aliphatic carbocycles. The van der Waals surface area contributed by atoms with Crippen LogP contribution in [0.5, 0.6) is 0 Å². The third kappa shape index (κ3) is 3.21. The maximum absolute atomic E-state index is 12.2. The van der Waals surface area contributed by atoms with Crippen LogP contribution >= 0.6 is 0 Å². The standard InChI is InChI=1S/C14H10N2O5/c17-13(9-4-2-1-3-5-9)10-6-7-11(15-14(18)19)12(8-10)16(20)21/h1-8,15H,(H,18,19). The molecule has 0 saturated heterocycles. The summed E-state index contributed by atoms with van der Waals surface area (Å²) in [6.07, 6.45) is -1.42. The fourth-order valence-electron chi connectivity index (χ4n) is 1.80. The molecule has 0 aliphatic rings. The summed E-state index contributed by atoms with van der Waals surface area (Å²) in [5.74, 6) is -0.374. The molecule has 2 aromatic carbocycles. The maximum Gasteiger partial charge on any atom is 0.409 e. The van der Waals surface area contributed by atoms with E-state index in [4.69, 9.17) is 5.11 Å². The number of hydrogen-bond acceptors (Lipinski definition) is 4. The van der Waals surface area contributed by atoms with Gasteiger partial charge >= 0.3 is 6.09 Å². The minimum absolute atomic E-state index is 0.115. The summed E-state index contributed by atoms with van der Waals surface area (Å²) in [5.41, 5.74) is -0.147. The number of rotatable bonds is 4. The first-order valence-corrected chi connectivity index (χ1v) is 5.87. The Labute approximate surface area is 119 Å². The van der Waals surface area contributed by atoms with Gasteiger partial charge in [-0.05, 0) is 12.1 Å². The minimum atomic E-state index is -1.42. The number of hydrogen-bond donors (Lipinski definition) is 2. The van der Waals surface area contributed by atoms with Crippen LogP contribution in [-0.2, 0) is 0 Å². The highest BCUT2D eigenvalue weighted by molar-refractivity contribution is 6.09. The molecule has 0 heterocycles. The number of anilines is 1. The number of carbonyl (C=O) groups excluding carboxylic acids is 1. The first-order chi connectivity index (χ1) is 9.99. The lowest BCUT2D eigenvalue weighted by Gasteiger charge is -2.05. The van der Waals surface area contributed by atoms with Gasteiger partial charge in [-0.1, -0.05) is 30.3 Å². The SMILES string of the molecule is O=C(O)Nc1ccc(C(=O)c2ccccc2)cc1[N+](=O)[O-]. The largest absolute Gasteiger partial charge is 0.465 e. The molecule has 2 rings (SSSR count). The van der Waals surface area contributed by atoms with Crippen LogP contribution in [0.4, 0.5) is 16.2 Å². The van der Waals surface area contributed by atoms with E-state index in [1.54, 1.807) is 30.3 Å². The summed E-state index contributed by atoms with van der Waals surface area (Å²) in [6, 6.07) is 11.9. The molecule has 7 heteroatoms. The van der Waals surface area contributed by atoms with Crippen LogP contribution in [0.3, 0.4) is 0 Å². The number of nitrogens with zero attached hydrogens (tertiary/aromatic N) is 1. The van der Waals surface area contributed by atoms with Crippen LogP contribution in [0.2, 0.25) is 0 Å².